The van der Waals surface area contributed by atoms with E-state index in [9.17, 15) is 4.79 Å². The molecule has 1 amide bonds. The molecule has 1 aromatic heterocycles. The van der Waals surface area contributed by atoms with Gasteiger partial charge in [0.1, 0.15) is 0 Å². The first-order valence-corrected chi connectivity index (χ1v) is 10.8. The molecule has 0 spiro atoms. The number of hydrogen-bond donors (Lipinski definition) is 0. The van der Waals surface area contributed by atoms with E-state index in [1.54, 1.807) is 0 Å². The molecular formula is C24H33N3O. The number of pyridine rings is 1. The van der Waals surface area contributed by atoms with Crippen LogP contribution in [-0.2, 0) is 4.79 Å². The highest BCUT2D eigenvalue weighted by Gasteiger charge is 2.31. The number of nitrogens with zero attached hydrogens (tertiary/aromatic N) is 3. The van der Waals surface area contributed by atoms with E-state index in [1.807, 2.05) is 12.3 Å². The largest absolute Gasteiger partial charge is 0.342 e. The first-order chi connectivity index (χ1) is 13.5. The molecule has 1 aromatic carbocycles. The molecule has 0 radical (unpaired) electrons. The third-order valence-electron chi connectivity index (χ3n) is 6.76. The lowest BCUT2D eigenvalue weighted by atomic mass is 9.83. The minimum absolute atomic E-state index is 0.362. The fourth-order valence-electron chi connectivity index (χ4n) is 5.11. The van der Waals surface area contributed by atoms with Crippen molar-refractivity contribution < 1.29 is 4.79 Å². The normalized spacial score (nSPS) is 24.6. The van der Waals surface area contributed by atoms with Crippen molar-refractivity contribution in [1.29, 1.82) is 0 Å². The summed E-state index contributed by atoms with van der Waals surface area (Å²) in [5, 5.41) is 1.25. The van der Waals surface area contributed by atoms with Gasteiger partial charge in [0, 0.05) is 37.0 Å². The first kappa shape index (κ1) is 19.4. The van der Waals surface area contributed by atoms with Gasteiger partial charge in [0.25, 0.3) is 0 Å². The first-order valence-electron chi connectivity index (χ1n) is 10.8. The SMILES string of the molecule is Cc1ccc([C@@H]2C[C@H](C)CN(C(=O)CC3CCN(C)CC3)C2)c2cccnc12. The number of amides is 1. The predicted octanol–water partition coefficient (Wildman–Crippen LogP) is 4.23. The summed E-state index contributed by atoms with van der Waals surface area (Å²) in [6, 6.07) is 8.67. The number of aryl methyl sites for hydroxylation is 1. The van der Waals surface area contributed by atoms with E-state index in [2.05, 4.69) is 53.9 Å². The zero-order chi connectivity index (χ0) is 19.7. The molecule has 2 aliphatic heterocycles. The number of likely N-dealkylation sites (tertiary alicyclic amines) is 2. The van der Waals surface area contributed by atoms with E-state index in [0.717, 1.165) is 57.4 Å². The molecule has 0 bridgehead atoms. The van der Waals surface area contributed by atoms with Crippen LogP contribution in [0.15, 0.2) is 30.5 Å². The van der Waals surface area contributed by atoms with Crippen molar-refractivity contribution in [3.63, 3.8) is 0 Å². The van der Waals surface area contributed by atoms with E-state index in [1.165, 1.54) is 16.5 Å². The maximum Gasteiger partial charge on any atom is 0.222 e. The number of fused-ring (bicyclic) bond motifs is 1. The summed E-state index contributed by atoms with van der Waals surface area (Å²) in [6.45, 7) is 8.42. The Morgan fingerprint density at radius 2 is 1.96 bits per heavy atom. The summed E-state index contributed by atoms with van der Waals surface area (Å²) in [5.74, 6) is 1.86. The summed E-state index contributed by atoms with van der Waals surface area (Å²) in [7, 11) is 2.18. The standard InChI is InChI=1S/C24H33N3O/c1-17-13-20(21-7-6-18(2)24-22(21)5-4-10-25-24)16-27(15-17)23(28)14-19-8-11-26(3)12-9-19/h4-7,10,17,19-20H,8-9,11-16H2,1-3H3/t17-,20+/m0/s1. The molecule has 2 saturated heterocycles. The van der Waals surface area contributed by atoms with Crippen molar-refractivity contribution >= 4 is 16.8 Å². The molecule has 4 heteroatoms. The molecule has 2 aromatic rings. The molecule has 3 heterocycles. The van der Waals surface area contributed by atoms with Crippen molar-refractivity contribution in [2.24, 2.45) is 11.8 Å². The molecule has 0 N–H and O–H groups in total. The Morgan fingerprint density at radius 3 is 2.75 bits per heavy atom. The summed E-state index contributed by atoms with van der Waals surface area (Å²) < 4.78 is 0. The van der Waals surface area contributed by atoms with Crippen molar-refractivity contribution in [3.05, 3.63) is 41.6 Å². The number of carbonyl (C=O) groups is 1. The molecule has 2 atom stereocenters. The Hall–Kier alpha value is -1.94. The maximum atomic E-state index is 13.1. The molecule has 0 unspecified atom stereocenters. The molecule has 4 rings (SSSR count). The summed E-state index contributed by atoms with van der Waals surface area (Å²) in [5.41, 5.74) is 3.68. The summed E-state index contributed by atoms with van der Waals surface area (Å²) in [4.78, 5) is 22.2. The second-order valence-corrected chi connectivity index (χ2v) is 9.16. The Kier molecular flexibility index (Phi) is 5.68. The minimum Gasteiger partial charge on any atom is -0.342 e. The minimum atomic E-state index is 0.362. The average Bonchev–Trinajstić information content (AvgIpc) is 2.70. The monoisotopic (exact) mass is 379 g/mol. The van der Waals surface area contributed by atoms with Crippen LogP contribution in [0.3, 0.4) is 0 Å². The van der Waals surface area contributed by atoms with Crippen LogP contribution in [0.5, 0.6) is 0 Å². The molecule has 2 fully saturated rings. The molecule has 0 aliphatic carbocycles. The number of piperidine rings is 2. The van der Waals surface area contributed by atoms with E-state index in [0.29, 0.717) is 23.7 Å². The Labute approximate surface area is 168 Å². The highest BCUT2D eigenvalue weighted by atomic mass is 16.2. The Morgan fingerprint density at radius 1 is 1.18 bits per heavy atom. The fraction of sp³-hybridized carbons (Fsp3) is 0.583. The van der Waals surface area contributed by atoms with Gasteiger partial charge in [-0.05, 0) is 75.4 Å². The highest BCUT2D eigenvalue weighted by molar-refractivity contribution is 5.85. The highest BCUT2D eigenvalue weighted by Crippen LogP contribution is 2.35. The van der Waals surface area contributed by atoms with Crippen LogP contribution in [0.1, 0.15) is 49.7 Å². The number of hydrogen-bond acceptors (Lipinski definition) is 3. The zero-order valence-corrected chi connectivity index (χ0v) is 17.5. The molecular weight excluding hydrogens is 346 g/mol. The van der Waals surface area contributed by atoms with Gasteiger partial charge in [0.05, 0.1) is 5.52 Å². The van der Waals surface area contributed by atoms with Crippen LogP contribution in [0.2, 0.25) is 0 Å². The number of benzene rings is 1. The van der Waals surface area contributed by atoms with E-state index >= 15 is 0 Å². The van der Waals surface area contributed by atoms with Gasteiger partial charge in [-0.1, -0.05) is 25.1 Å². The third kappa shape index (κ3) is 4.07. The topological polar surface area (TPSA) is 36.4 Å². The van der Waals surface area contributed by atoms with Crippen LogP contribution in [-0.4, -0.2) is 53.9 Å². The number of carbonyl (C=O) groups excluding carboxylic acids is 1. The van der Waals surface area contributed by atoms with Gasteiger partial charge in [-0.15, -0.1) is 0 Å². The number of rotatable bonds is 3. The lowest BCUT2D eigenvalue weighted by Crippen LogP contribution is -2.43. The molecule has 0 saturated carbocycles. The lowest BCUT2D eigenvalue weighted by molar-refractivity contribution is -0.134. The predicted molar refractivity (Wildman–Crippen MR) is 114 cm³/mol. The number of aromatic nitrogens is 1. The summed E-state index contributed by atoms with van der Waals surface area (Å²) in [6.07, 6.45) is 6.06. The lowest BCUT2D eigenvalue weighted by Gasteiger charge is -2.38. The van der Waals surface area contributed by atoms with Gasteiger partial charge in [-0.2, -0.15) is 0 Å². The van der Waals surface area contributed by atoms with Crippen LogP contribution >= 0.6 is 0 Å². The molecule has 4 nitrogen and oxygen atoms in total. The Balaban J connectivity index is 1.51. The quantitative estimate of drug-likeness (QED) is 0.801. The van der Waals surface area contributed by atoms with Gasteiger partial charge in [0.15, 0.2) is 0 Å². The summed E-state index contributed by atoms with van der Waals surface area (Å²) >= 11 is 0. The van der Waals surface area contributed by atoms with Gasteiger partial charge >= 0.3 is 0 Å². The van der Waals surface area contributed by atoms with Crippen molar-refractivity contribution in [3.8, 4) is 0 Å². The van der Waals surface area contributed by atoms with Crippen molar-refractivity contribution in [1.82, 2.24) is 14.8 Å². The van der Waals surface area contributed by atoms with Gasteiger partial charge in [0.2, 0.25) is 5.91 Å². The van der Waals surface area contributed by atoms with E-state index < -0.39 is 0 Å². The maximum absolute atomic E-state index is 13.1. The molecule has 28 heavy (non-hydrogen) atoms. The van der Waals surface area contributed by atoms with Gasteiger partial charge in [-0.3, -0.25) is 9.78 Å². The van der Waals surface area contributed by atoms with Crippen LogP contribution < -0.4 is 0 Å². The molecule has 2 aliphatic rings. The second-order valence-electron chi connectivity index (χ2n) is 9.16. The smallest absolute Gasteiger partial charge is 0.222 e. The van der Waals surface area contributed by atoms with Gasteiger partial charge < -0.3 is 9.80 Å². The third-order valence-corrected chi connectivity index (χ3v) is 6.76. The van der Waals surface area contributed by atoms with Gasteiger partial charge in [-0.25, -0.2) is 0 Å². The average molecular weight is 380 g/mol. The van der Waals surface area contributed by atoms with E-state index in [4.69, 9.17) is 0 Å². The van der Waals surface area contributed by atoms with Crippen molar-refractivity contribution in [2.75, 3.05) is 33.2 Å². The van der Waals surface area contributed by atoms with E-state index in [-0.39, 0.29) is 0 Å². The zero-order valence-electron chi connectivity index (χ0n) is 17.5. The Bertz CT molecular complexity index is 841. The van der Waals surface area contributed by atoms with Crippen LogP contribution in [0.4, 0.5) is 0 Å². The second kappa shape index (κ2) is 8.20. The molecule has 150 valence electrons. The van der Waals surface area contributed by atoms with Crippen LogP contribution in [0.25, 0.3) is 10.9 Å². The van der Waals surface area contributed by atoms with Crippen molar-refractivity contribution in [2.45, 2.75) is 45.4 Å². The van der Waals surface area contributed by atoms with Crippen LogP contribution in [0, 0.1) is 18.8 Å². The fourth-order valence-corrected chi connectivity index (χ4v) is 5.11.